The highest BCUT2D eigenvalue weighted by Crippen LogP contribution is 2.58. The Kier molecular flexibility index (Phi) is 9.27. The second kappa shape index (κ2) is 13.8. The van der Waals surface area contributed by atoms with Crippen LogP contribution in [0.5, 0.6) is 5.75 Å². The van der Waals surface area contributed by atoms with Gasteiger partial charge in [-0.25, -0.2) is 0 Å². The van der Waals surface area contributed by atoms with Gasteiger partial charge in [-0.2, -0.15) is 13.2 Å². The number of methoxy groups -OCH3 is 1. The lowest BCUT2D eigenvalue weighted by atomic mass is 9.55. The van der Waals surface area contributed by atoms with Crippen molar-refractivity contribution in [3.8, 4) is 5.75 Å². The standard InChI is InChI=1S/C21H24N2O3.C20H21F3N2O2/c24-19-3-5-22-10-18(19)20(25)16-8-21(9-16)12-23(13-21)17-2-1-15-11-26-6-4-14(15)7-17;1-27-17-6-7-24-10-16(17)18(26)13-8-19(9-13)11-25(12-19)15-4-2-14(3-5-15)20(21,22)23/h1-3,5,7,10,16,20,25H,4,6,8-9,11-13H2,(H,22,24);2-7,10,13,18,26H,8-9,11-12H2,1H3. The molecule has 5 aliphatic rings. The predicted molar refractivity (Wildman–Crippen MR) is 194 cm³/mol. The summed E-state index contributed by atoms with van der Waals surface area (Å²) in [5.74, 6) is 0.984. The number of anilines is 2. The molecule has 2 aliphatic carbocycles. The molecule has 2 spiro atoms. The molecule has 0 amide bonds. The number of hydrogen-bond acceptors (Lipinski definition) is 8. The first kappa shape index (κ1) is 35.6. The van der Waals surface area contributed by atoms with Crippen LogP contribution in [-0.4, -0.2) is 60.1 Å². The lowest BCUT2D eigenvalue weighted by Crippen LogP contribution is -2.63. The number of ether oxygens (including phenoxy) is 2. The number of fused-ring (bicyclic) bond motifs is 1. The number of rotatable bonds is 7. The van der Waals surface area contributed by atoms with Crippen molar-refractivity contribution in [2.75, 3.05) is 49.7 Å². The molecule has 0 radical (unpaired) electrons. The zero-order valence-electron chi connectivity index (χ0n) is 29.7. The van der Waals surface area contributed by atoms with Crippen LogP contribution in [0.1, 0.15) is 65.7 Å². The van der Waals surface area contributed by atoms with Crippen LogP contribution in [0.25, 0.3) is 0 Å². The van der Waals surface area contributed by atoms with E-state index in [9.17, 15) is 28.2 Å². The molecule has 3 N–H and O–H groups in total. The molecule has 9 nitrogen and oxygen atoms in total. The number of aromatic amines is 1. The lowest BCUT2D eigenvalue weighted by molar-refractivity contribution is -0.137. The van der Waals surface area contributed by atoms with Gasteiger partial charge in [-0.1, -0.05) is 6.07 Å². The van der Waals surface area contributed by atoms with Crippen LogP contribution in [0.3, 0.4) is 0 Å². The zero-order valence-corrected chi connectivity index (χ0v) is 29.7. The maximum Gasteiger partial charge on any atom is 0.416 e. The molecule has 9 rings (SSSR count). The second-order valence-corrected chi connectivity index (χ2v) is 15.8. The van der Waals surface area contributed by atoms with Gasteiger partial charge in [-0.15, -0.1) is 0 Å². The van der Waals surface area contributed by atoms with Crippen LogP contribution in [0.15, 0.2) is 84.2 Å². The maximum absolute atomic E-state index is 12.7. The summed E-state index contributed by atoms with van der Waals surface area (Å²) in [5, 5.41) is 21.2. The first-order valence-corrected chi connectivity index (χ1v) is 18.3. The third kappa shape index (κ3) is 6.92. The Hall–Kier alpha value is -4.39. The van der Waals surface area contributed by atoms with Crippen LogP contribution in [-0.2, 0) is 23.9 Å². The van der Waals surface area contributed by atoms with Crippen LogP contribution in [0, 0.1) is 22.7 Å². The molecule has 280 valence electrons. The van der Waals surface area contributed by atoms with Gasteiger partial charge in [0.1, 0.15) is 5.75 Å². The molecule has 2 aromatic carbocycles. The fraction of sp³-hybridized carbons (Fsp3) is 0.463. The fourth-order valence-corrected chi connectivity index (χ4v) is 9.34. The van der Waals surface area contributed by atoms with E-state index >= 15 is 0 Å². The molecule has 4 aromatic rings. The number of aliphatic hydroxyl groups is 2. The van der Waals surface area contributed by atoms with E-state index in [0.29, 0.717) is 22.3 Å². The van der Waals surface area contributed by atoms with Gasteiger partial charge in [0.2, 0.25) is 0 Å². The molecule has 4 fully saturated rings. The Bertz CT molecular complexity index is 1970. The van der Waals surface area contributed by atoms with Gasteiger partial charge in [0.15, 0.2) is 5.43 Å². The highest BCUT2D eigenvalue weighted by atomic mass is 19.4. The number of pyridine rings is 2. The van der Waals surface area contributed by atoms with Crippen molar-refractivity contribution in [1.29, 1.82) is 0 Å². The monoisotopic (exact) mass is 730 g/mol. The fourth-order valence-electron chi connectivity index (χ4n) is 9.34. The van der Waals surface area contributed by atoms with Crippen LogP contribution in [0.2, 0.25) is 0 Å². The first-order chi connectivity index (χ1) is 25.4. The molecule has 5 heterocycles. The van der Waals surface area contributed by atoms with Crippen molar-refractivity contribution in [2.45, 2.75) is 57.1 Å². The minimum Gasteiger partial charge on any atom is -0.496 e. The Morgan fingerprint density at radius 1 is 0.868 bits per heavy atom. The summed E-state index contributed by atoms with van der Waals surface area (Å²) in [7, 11) is 1.57. The third-order valence-corrected chi connectivity index (χ3v) is 12.2. The molecule has 2 atom stereocenters. The lowest BCUT2D eigenvalue weighted by Gasteiger charge is -2.60. The molecule has 2 unspecified atom stereocenters. The smallest absolute Gasteiger partial charge is 0.416 e. The van der Waals surface area contributed by atoms with E-state index in [1.54, 1.807) is 38.0 Å². The number of halogens is 3. The van der Waals surface area contributed by atoms with Gasteiger partial charge in [-0.05, 0) is 97.5 Å². The van der Waals surface area contributed by atoms with E-state index < -0.39 is 23.9 Å². The SMILES string of the molecule is COc1ccncc1C(O)C1CC2(C1)CN(c1ccc(C(F)(F)F)cc1)C2.O=c1cc[nH]cc1C(O)C1CC2(C1)CN(c1ccc3c(c1)CCOC3)C2. The van der Waals surface area contributed by atoms with Crippen LogP contribution >= 0.6 is 0 Å². The number of aliphatic hydroxyl groups excluding tert-OH is 2. The van der Waals surface area contributed by atoms with Crippen molar-refractivity contribution in [2.24, 2.45) is 22.7 Å². The van der Waals surface area contributed by atoms with E-state index in [2.05, 4.69) is 38.0 Å². The minimum absolute atomic E-state index is 0.0783. The molecular weight excluding hydrogens is 685 g/mol. The average molecular weight is 731 g/mol. The van der Waals surface area contributed by atoms with Gasteiger partial charge in [0, 0.05) is 90.4 Å². The molecule has 0 bridgehead atoms. The van der Waals surface area contributed by atoms with E-state index in [1.165, 1.54) is 35.0 Å². The van der Waals surface area contributed by atoms with E-state index in [-0.39, 0.29) is 22.7 Å². The molecule has 3 aliphatic heterocycles. The van der Waals surface area contributed by atoms with Gasteiger partial charge in [0.25, 0.3) is 0 Å². The van der Waals surface area contributed by atoms with Crippen LogP contribution in [0.4, 0.5) is 24.5 Å². The van der Waals surface area contributed by atoms with Gasteiger partial charge in [-0.3, -0.25) is 9.78 Å². The molecule has 53 heavy (non-hydrogen) atoms. The highest BCUT2D eigenvalue weighted by Gasteiger charge is 2.55. The van der Waals surface area contributed by atoms with Crippen molar-refractivity contribution < 1.29 is 32.9 Å². The van der Waals surface area contributed by atoms with Crippen molar-refractivity contribution >= 4 is 11.4 Å². The Labute approximate surface area is 306 Å². The molecule has 2 saturated carbocycles. The number of alkyl halides is 3. The number of aromatic nitrogens is 2. The minimum atomic E-state index is -4.31. The van der Waals surface area contributed by atoms with Crippen LogP contribution < -0.4 is 20.0 Å². The molecule has 12 heteroatoms. The number of H-pyrrole nitrogens is 1. The Morgan fingerprint density at radius 3 is 2.11 bits per heavy atom. The topological polar surface area (TPSA) is 111 Å². The highest BCUT2D eigenvalue weighted by molar-refractivity contribution is 5.55. The summed E-state index contributed by atoms with van der Waals surface area (Å²) in [6.45, 7) is 5.28. The summed E-state index contributed by atoms with van der Waals surface area (Å²) in [5.41, 5.74) is 5.83. The normalized spacial score (nSPS) is 22.3. The summed E-state index contributed by atoms with van der Waals surface area (Å²) >= 11 is 0. The summed E-state index contributed by atoms with van der Waals surface area (Å²) in [4.78, 5) is 23.4. The summed E-state index contributed by atoms with van der Waals surface area (Å²) in [6, 6.07) is 15.3. The van der Waals surface area contributed by atoms with Gasteiger partial charge >= 0.3 is 6.18 Å². The molecule has 2 aromatic heterocycles. The maximum atomic E-state index is 12.7. The Morgan fingerprint density at radius 2 is 1.49 bits per heavy atom. The van der Waals surface area contributed by atoms with E-state index in [0.717, 1.165) is 89.3 Å². The zero-order chi connectivity index (χ0) is 37.0. The predicted octanol–water partition coefficient (Wildman–Crippen LogP) is 6.46. The van der Waals surface area contributed by atoms with E-state index in [1.807, 2.05) is 0 Å². The van der Waals surface area contributed by atoms with Crippen molar-refractivity contribution in [3.63, 3.8) is 0 Å². The molecule has 2 saturated heterocycles. The number of nitrogens with one attached hydrogen (secondary N) is 1. The largest absolute Gasteiger partial charge is 0.496 e. The van der Waals surface area contributed by atoms with Crippen molar-refractivity contribution in [1.82, 2.24) is 9.97 Å². The number of benzene rings is 2. The van der Waals surface area contributed by atoms with Crippen molar-refractivity contribution in [3.05, 3.63) is 117 Å². The average Bonchev–Trinajstić information content (AvgIpc) is 3.09. The second-order valence-electron chi connectivity index (χ2n) is 15.8. The third-order valence-electron chi connectivity index (χ3n) is 12.2. The number of hydrogen-bond donors (Lipinski definition) is 3. The number of nitrogens with zero attached hydrogens (tertiary/aromatic N) is 3. The summed E-state index contributed by atoms with van der Waals surface area (Å²) < 4.78 is 48.8. The van der Waals surface area contributed by atoms with Gasteiger partial charge < -0.3 is 34.5 Å². The van der Waals surface area contributed by atoms with Gasteiger partial charge in [0.05, 0.1) is 38.1 Å². The Balaban J connectivity index is 0.000000151. The first-order valence-electron chi connectivity index (χ1n) is 18.3. The molecular formula is C41H45F3N4O5. The van der Waals surface area contributed by atoms with E-state index in [4.69, 9.17) is 9.47 Å². The summed E-state index contributed by atoms with van der Waals surface area (Å²) in [6.07, 6.45) is 5.73. The quantitative estimate of drug-likeness (QED) is 0.199.